The van der Waals surface area contributed by atoms with Gasteiger partial charge >= 0.3 is 0 Å². The van der Waals surface area contributed by atoms with Crippen LogP contribution in [-0.2, 0) is 5.54 Å². The van der Waals surface area contributed by atoms with Crippen molar-refractivity contribution in [3.05, 3.63) is 12.5 Å². The molecule has 1 heterocycles. The largest absolute Gasteiger partial charge is 0.390 e. The van der Waals surface area contributed by atoms with Gasteiger partial charge in [0.15, 0.2) is 0 Å². The Hall–Kier alpha value is -1.03. The van der Waals surface area contributed by atoms with E-state index in [4.69, 9.17) is 5.73 Å². The first-order valence-corrected chi connectivity index (χ1v) is 4.73. The lowest BCUT2D eigenvalue weighted by molar-refractivity contribution is 0.0351. The van der Waals surface area contributed by atoms with Crippen LogP contribution in [0.2, 0.25) is 0 Å². The predicted molar refractivity (Wildman–Crippen MR) is 56.9 cm³/mol. The number of aromatic nitrogens is 2. The van der Waals surface area contributed by atoms with Crippen molar-refractivity contribution in [3.63, 3.8) is 0 Å². The second-order valence-electron chi connectivity index (χ2n) is 5.01. The molecule has 0 saturated carbocycles. The summed E-state index contributed by atoms with van der Waals surface area (Å²) in [6, 6.07) is 0. The zero-order chi connectivity index (χ0) is 11.0. The molecule has 1 aromatic heterocycles. The molecule has 0 aliphatic carbocycles. The van der Waals surface area contributed by atoms with Crippen molar-refractivity contribution >= 4 is 5.82 Å². The number of hydrogen-bond acceptors (Lipinski definition) is 3. The average molecular weight is 197 g/mol. The highest BCUT2D eigenvalue weighted by atomic mass is 16.3. The molecule has 0 radical (unpaired) electrons. The number of anilines is 1. The quantitative estimate of drug-likeness (QED) is 0.769. The number of aliphatic hydroxyl groups is 1. The van der Waals surface area contributed by atoms with Crippen LogP contribution in [0.15, 0.2) is 12.5 Å². The van der Waals surface area contributed by atoms with Crippen molar-refractivity contribution in [3.8, 4) is 0 Å². The minimum absolute atomic E-state index is 0.178. The van der Waals surface area contributed by atoms with Crippen LogP contribution < -0.4 is 5.73 Å². The maximum Gasteiger partial charge on any atom is 0.141 e. The van der Waals surface area contributed by atoms with Crippen molar-refractivity contribution in [1.29, 1.82) is 0 Å². The summed E-state index contributed by atoms with van der Waals surface area (Å²) in [5, 5.41) is 9.76. The Labute approximate surface area is 84.8 Å². The summed E-state index contributed by atoms with van der Waals surface area (Å²) in [6.07, 6.45) is 4.13. The van der Waals surface area contributed by atoms with Crippen molar-refractivity contribution in [2.75, 3.05) is 5.73 Å². The monoisotopic (exact) mass is 197 g/mol. The van der Waals surface area contributed by atoms with Gasteiger partial charge in [0.1, 0.15) is 5.82 Å². The Bertz CT molecular complexity index is 309. The van der Waals surface area contributed by atoms with E-state index in [0.717, 1.165) is 0 Å². The van der Waals surface area contributed by atoms with Gasteiger partial charge in [-0.25, -0.2) is 4.98 Å². The fraction of sp³-hybridized carbons (Fsp3) is 0.700. The molecule has 3 N–H and O–H groups in total. The molecule has 4 nitrogen and oxygen atoms in total. The number of rotatable bonds is 3. The molecular formula is C10H19N3O. The van der Waals surface area contributed by atoms with Gasteiger partial charge < -0.3 is 15.4 Å². The van der Waals surface area contributed by atoms with Crippen LogP contribution in [0.4, 0.5) is 5.82 Å². The van der Waals surface area contributed by atoms with Gasteiger partial charge in [0, 0.05) is 11.7 Å². The highest BCUT2D eigenvalue weighted by Gasteiger charge is 2.28. The third-order valence-electron chi connectivity index (χ3n) is 2.17. The van der Waals surface area contributed by atoms with Gasteiger partial charge in [-0.2, -0.15) is 0 Å². The van der Waals surface area contributed by atoms with Gasteiger partial charge in [-0.1, -0.05) is 0 Å². The molecule has 14 heavy (non-hydrogen) atoms. The Morgan fingerprint density at radius 1 is 1.43 bits per heavy atom. The Balaban J connectivity index is 2.85. The first-order valence-electron chi connectivity index (χ1n) is 4.73. The fourth-order valence-electron chi connectivity index (χ4n) is 1.82. The third kappa shape index (κ3) is 2.73. The van der Waals surface area contributed by atoms with Crippen molar-refractivity contribution in [2.45, 2.75) is 45.3 Å². The van der Waals surface area contributed by atoms with E-state index in [9.17, 15) is 5.11 Å². The zero-order valence-electron chi connectivity index (χ0n) is 9.28. The minimum Gasteiger partial charge on any atom is -0.390 e. The molecule has 0 aliphatic rings. The van der Waals surface area contributed by atoms with Gasteiger partial charge in [0.25, 0.3) is 0 Å². The average Bonchev–Trinajstić information content (AvgIpc) is 2.29. The molecule has 0 amide bonds. The summed E-state index contributed by atoms with van der Waals surface area (Å²) in [6.45, 7) is 7.70. The van der Waals surface area contributed by atoms with E-state index >= 15 is 0 Å². The number of nitrogen functional groups attached to an aromatic ring is 1. The van der Waals surface area contributed by atoms with Gasteiger partial charge in [-0.15, -0.1) is 0 Å². The van der Waals surface area contributed by atoms with E-state index in [-0.39, 0.29) is 5.54 Å². The summed E-state index contributed by atoms with van der Waals surface area (Å²) in [7, 11) is 0. The fourth-order valence-corrected chi connectivity index (χ4v) is 1.82. The summed E-state index contributed by atoms with van der Waals surface area (Å²) < 4.78 is 1.93. The second kappa shape index (κ2) is 3.28. The third-order valence-corrected chi connectivity index (χ3v) is 2.17. The molecule has 0 unspecified atom stereocenters. The number of nitrogens with zero attached hydrogens (tertiary/aromatic N) is 2. The van der Waals surface area contributed by atoms with Crippen LogP contribution in [0.5, 0.6) is 0 Å². The lowest BCUT2D eigenvalue weighted by atomic mass is 9.89. The second-order valence-corrected chi connectivity index (χ2v) is 5.01. The normalized spacial score (nSPS) is 13.2. The topological polar surface area (TPSA) is 64.1 Å². The molecule has 1 aromatic rings. The van der Waals surface area contributed by atoms with E-state index in [0.29, 0.717) is 12.2 Å². The first kappa shape index (κ1) is 11.0. The van der Waals surface area contributed by atoms with Crippen LogP contribution in [0.3, 0.4) is 0 Å². The van der Waals surface area contributed by atoms with Gasteiger partial charge in [-0.05, 0) is 34.1 Å². The van der Waals surface area contributed by atoms with Crippen molar-refractivity contribution < 1.29 is 5.11 Å². The molecule has 0 atom stereocenters. The van der Waals surface area contributed by atoms with Gasteiger partial charge in [-0.3, -0.25) is 0 Å². The lowest BCUT2D eigenvalue weighted by Gasteiger charge is -2.32. The van der Waals surface area contributed by atoms with Gasteiger partial charge in [0.05, 0.1) is 11.9 Å². The molecule has 0 spiro atoms. The van der Waals surface area contributed by atoms with Crippen LogP contribution in [-0.4, -0.2) is 20.3 Å². The Morgan fingerprint density at radius 3 is 2.36 bits per heavy atom. The van der Waals surface area contributed by atoms with Crippen LogP contribution in [0.25, 0.3) is 0 Å². The highest BCUT2D eigenvalue weighted by molar-refractivity contribution is 5.23. The van der Waals surface area contributed by atoms with Crippen molar-refractivity contribution in [2.24, 2.45) is 0 Å². The Morgan fingerprint density at radius 2 is 2.00 bits per heavy atom. The van der Waals surface area contributed by atoms with Gasteiger partial charge in [0.2, 0.25) is 0 Å². The molecule has 0 bridgehead atoms. The van der Waals surface area contributed by atoms with E-state index in [1.165, 1.54) is 0 Å². The molecular weight excluding hydrogens is 178 g/mol. The van der Waals surface area contributed by atoms with Crippen LogP contribution in [0, 0.1) is 0 Å². The summed E-state index contributed by atoms with van der Waals surface area (Å²) in [5.74, 6) is 0.508. The summed E-state index contributed by atoms with van der Waals surface area (Å²) >= 11 is 0. The SMILES string of the molecule is CC(C)(O)CC(C)(C)n1cnc(N)c1. The maximum absolute atomic E-state index is 9.76. The lowest BCUT2D eigenvalue weighted by Crippen LogP contribution is -2.35. The van der Waals surface area contributed by atoms with E-state index in [2.05, 4.69) is 4.98 Å². The zero-order valence-corrected chi connectivity index (χ0v) is 9.28. The van der Waals surface area contributed by atoms with Crippen LogP contribution >= 0.6 is 0 Å². The van der Waals surface area contributed by atoms with Crippen LogP contribution in [0.1, 0.15) is 34.1 Å². The van der Waals surface area contributed by atoms with E-state index in [1.54, 1.807) is 26.4 Å². The summed E-state index contributed by atoms with van der Waals surface area (Å²) in [5.41, 5.74) is 4.67. The maximum atomic E-state index is 9.76. The molecule has 0 fully saturated rings. The van der Waals surface area contributed by atoms with Crippen molar-refractivity contribution in [1.82, 2.24) is 9.55 Å². The standard InChI is InChI=1S/C10H19N3O/c1-9(2,6-10(3,4)14)13-5-8(11)12-7-13/h5,7,14H,6,11H2,1-4H3. The highest BCUT2D eigenvalue weighted by Crippen LogP contribution is 2.27. The smallest absolute Gasteiger partial charge is 0.141 e. The Kier molecular flexibility index (Phi) is 2.58. The number of hydrogen-bond donors (Lipinski definition) is 2. The molecule has 80 valence electrons. The summed E-state index contributed by atoms with van der Waals surface area (Å²) in [4.78, 5) is 3.97. The molecule has 0 aliphatic heterocycles. The van der Waals surface area contributed by atoms with E-state index in [1.807, 2.05) is 18.4 Å². The predicted octanol–water partition coefficient (Wildman–Crippen LogP) is 1.36. The molecule has 0 aromatic carbocycles. The number of imidazole rings is 1. The van der Waals surface area contributed by atoms with E-state index < -0.39 is 5.60 Å². The molecule has 1 rings (SSSR count). The first-order chi connectivity index (χ1) is 6.21. The molecule has 4 heteroatoms. The number of nitrogens with two attached hydrogens (primary N) is 1. The molecule has 0 saturated heterocycles. The minimum atomic E-state index is -0.692.